The number of nitrogen functional groups attached to an aromatic ring is 1. The molecule has 0 aliphatic carbocycles. The van der Waals surface area contributed by atoms with E-state index in [0.717, 1.165) is 0 Å². The van der Waals surface area contributed by atoms with Crippen molar-refractivity contribution in [3.05, 3.63) is 24.0 Å². The largest absolute Gasteiger partial charge is 0.399 e. The monoisotopic (exact) mass is 285 g/mol. The first kappa shape index (κ1) is 16.4. The molecule has 0 saturated heterocycles. The molecule has 7 heteroatoms. The van der Waals surface area contributed by atoms with Gasteiger partial charge in [0.2, 0.25) is 5.91 Å². The number of anilines is 2. The summed E-state index contributed by atoms with van der Waals surface area (Å²) in [6.07, 6.45) is 0.133. The van der Waals surface area contributed by atoms with Crippen molar-refractivity contribution < 1.29 is 19.4 Å². The van der Waals surface area contributed by atoms with E-state index in [4.69, 9.17) is 15.9 Å². The molecule has 1 amide bonds. The minimum Gasteiger partial charge on any atom is -0.399 e. The summed E-state index contributed by atoms with van der Waals surface area (Å²) in [6.45, 7) is 1.02. The van der Waals surface area contributed by atoms with Crippen LogP contribution in [-0.4, -0.2) is 53.9 Å². The Bertz CT molecular complexity index is 437. The minimum atomic E-state index is -0.546. The average Bonchev–Trinajstić information content (AvgIpc) is 2.41. The van der Waals surface area contributed by atoms with E-state index >= 15 is 0 Å². The van der Waals surface area contributed by atoms with Crippen LogP contribution in [0.4, 0.5) is 15.8 Å². The van der Waals surface area contributed by atoms with Crippen molar-refractivity contribution in [2.75, 3.05) is 43.9 Å². The van der Waals surface area contributed by atoms with Gasteiger partial charge in [-0.3, -0.25) is 9.69 Å². The molecule has 0 atom stereocenters. The molecule has 0 radical (unpaired) electrons. The zero-order valence-electron chi connectivity index (χ0n) is 11.2. The van der Waals surface area contributed by atoms with Gasteiger partial charge in [0.25, 0.3) is 0 Å². The topological polar surface area (TPSA) is 98.8 Å². The average molecular weight is 285 g/mol. The fourth-order valence-corrected chi connectivity index (χ4v) is 1.73. The molecule has 0 unspecified atom stereocenters. The molecule has 1 aromatic rings. The number of nitrogens with zero attached hydrogens (tertiary/aromatic N) is 1. The molecule has 0 fully saturated rings. The zero-order chi connectivity index (χ0) is 15.0. The van der Waals surface area contributed by atoms with E-state index in [0.29, 0.717) is 25.3 Å². The van der Waals surface area contributed by atoms with Crippen molar-refractivity contribution >= 4 is 17.3 Å². The summed E-state index contributed by atoms with van der Waals surface area (Å²) in [6, 6.07) is 3.95. The Kier molecular flexibility index (Phi) is 6.92. The van der Waals surface area contributed by atoms with Crippen molar-refractivity contribution in [1.82, 2.24) is 4.90 Å². The molecule has 1 rings (SSSR count). The number of halogens is 1. The first-order chi connectivity index (χ1) is 9.56. The van der Waals surface area contributed by atoms with Crippen molar-refractivity contribution in [1.29, 1.82) is 0 Å². The van der Waals surface area contributed by atoms with Crippen LogP contribution in [-0.2, 0) is 4.79 Å². The lowest BCUT2D eigenvalue weighted by Gasteiger charge is -2.19. The number of aliphatic hydroxyl groups is 2. The molecule has 5 N–H and O–H groups in total. The Morgan fingerprint density at radius 3 is 2.50 bits per heavy atom. The Balaban J connectivity index is 2.48. The standard InChI is InChI=1S/C13H20FN3O3/c14-11-2-1-10(15)9-12(11)16-13(20)3-4-17(5-7-18)6-8-19/h1-2,9,18-19H,3-8,15H2,(H,16,20). The second-order valence-corrected chi connectivity index (χ2v) is 4.33. The van der Waals surface area contributed by atoms with Crippen LogP contribution in [0.3, 0.4) is 0 Å². The number of rotatable bonds is 8. The second kappa shape index (κ2) is 8.47. The van der Waals surface area contributed by atoms with Gasteiger partial charge < -0.3 is 21.3 Å². The lowest BCUT2D eigenvalue weighted by Crippen LogP contribution is -2.32. The lowest BCUT2D eigenvalue weighted by molar-refractivity contribution is -0.116. The molecule has 0 aliphatic rings. The summed E-state index contributed by atoms with van der Waals surface area (Å²) < 4.78 is 13.4. The number of benzene rings is 1. The fraction of sp³-hybridized carbons (Fsp3) is 0.462. The fourth-order valence-electron chi connectivity index (χ4n) is 1.73. The highest BCUT2D eigenvalue weighted by Crippen LogP contribution is 2.17. The van der Waals surface area contributed by atoms with Crippen LogP contribution in [0.15, 0.2) is 18.2 Å². The number of carbonyl (C=O) groups excluding carboxylic acids is 1. The molecule has 1 aromatic carbocycles. The highest BCUT2D eigenvalue weighted by molar-refractivity contribution is 5.91. The van der Waals surface area contributed by atoms with Gasteiger partial charge in [0.15, 0.2) is 0 Å². The molecule has 0 aliphatic heterocycles. The third-order valence-electron chi connectivity index (χ3n) is 2.75. The van der Waals surface area contributed by atoms with E-state index in [1.807, 2.05) is 0 Å². The van der Waals surface area contributed by atoms with Gasteiger partial charge in [0.05, 0.1) is 18.9 Å². The van der Waals surface area contributed by atoms with Crippen LogP contribution in [0.2, 0.25) is 0 Å². The third-order valence-corrected chi connectivity index (χ3v) is 2.75. The SMILES string of the molecule is Nc1ccc(F)c(NC(=O)CCN(CCO)CCO)c1. The smallest absolute Gasteiger partial charge is 0.225 e. The van der Waals surface area contributed by atoms with Gasteiger partial charge in [0, 0.05) is 31.7 Å². The molecule has 0 heterocycles. The lowest BCUT2D eigenvalue weighted by atomic mass is 10.2. The van der Waals surface area contributed by atoms with Gasteiger partial charge in [-0.05, 0) is 18.2 Å². The molecule has 112 valence electrons. The summed E-state index contributed by atoms with van der Waals surface area (Å²) in [5.74, 6) is -0.898. The van der Waals surface area contributed by atoms with Gasteiger partial charge in [0.1, 0.15) is 5.82 Å². The van der Waals surface area contributed by atoms with E-state index in [2.05, 4.69) is 5.32 Å². The van der Waals surface area contributed by atoms with Gasteiger partial charge in [-0.25, -0.2) is 4.39 Å². The molecule has 0 saturated carbocycles. The Morgan fingerprint density at radius 2 is 1.90 bits per heavy atom. The van der Waals surface area contributed by atoms with Gasteiger partial charge in [-0.15, -0.1) is 0 Å². The Hall–Kier alpha value is -1.70. The predicted molar refractivity (Wildman–Crippen MR) is 74.7 cm³/mol. The highest BCUT2D eigenvalue weighted by atomic mass is 19.1. The van der Waals surface area contributed by atoms with E-state index in [1.54, 1.807) is 4.90 Å². The Labute approximate surface area is 117 Å². The maximum Gasteiger partial charge on any atom is 0.225 e. The Morgan fingerprint density at radius 1 is 1.25 bits per heavy atom. The van der Waals surface area contributed by atoms with E-state index < -0.39 is 5.82 Å². The molecule has 0 aromatic heterocycles. The van der Waals surface area contributed by atoms with Crippen molar-refractivity contribution in [3.63, 3.8) is 0 Å². The second-order valence-electron chi connectivity index (χ2n) is 4.33. The summed E-state index contributed by atoms with van der Waals surface area (Å²) in [4.78, 5) is 13.5. The maximum atomic E-state index is 13.4. The van der Waals surface area contributed by atoms with Gasteiger partial charge in [-0.1, -0.05) is 0 Å². The number of hydrogen-bond donors (Lipinski definition) is 4. The molecule has 0 spiro atoms. The minimum absolute atomic E-state index is 0.0471. The molecular formula is C13H20FN3O3. The van der Waals surface area contributed by atoms with E-state index in [1.165, 1.54) is 18.2 Å². The summed E-state index contributed by atoms with van der Waals surface area (Å²) in [7, 11) is 0. The van der Waals surface area contributed by atoms with Crippen LogP contribution >= 0.6 is 0 Å². The van der Waals surface area contributed by atoms with E-state index in [-0.39, 0.29) is 31.2 Å². The van der Waals surface area contributed by atoms with Crippen LogP contribution in [0.5, 0.6) is 0 Å². The first-order valence-corrected chi connectivity index (χ1v) is 6.35. The quantitative estimate of drug-likeness (QED) is 0.505. The molecule has 20 heavy (non-hydrogen) atoms. The van der Waals surface area contributed by atoms with Gasteiger partial charge in [-0.2, -0.15) is 0 Å². The molecule has 6 nitrogen and oxygen atoms in total. The normalized spacial score (nSPS) is 10.8. The summed E-state index contributed by atoms with van der Waals surface area (Å²) in [5, 5.41) is 20.1. The van der Waals surface area contributed by atoms with Crippen LogP contribution < -0.4 is 11.1 Å². The number of aliphatic hydroxyl groups excluding tert-OH is 2. The third kappa shape index (κ3) is 5.52. The van der Waals surface area contributed by atoms with Crippen LogP contribution in [0.25, 0.3) is 0 Å². The number of carbonyl (C=O) groups is 1. The number of nitrogens with one attached hydrogen (secondary N) is 1. The first-order valence-electron chi connectivity index (χ1n) is 6.35. The summed E-state index contributed by atoms with van der Waals surface area (Å²) >= 11 is 0. The van der Waals surface area contributed by atoms with Crippen molar-refractivity contribution in [2.24, 2.45) is 0 Å². The number of nitrogens with two attached hydrogens (primary N) is 1. The summed E-state index contributed by atoms with van der Waals surface area (Å²) in [5.41, 5.74) is 5.93. The molecule has 0 bridgehead atoms. The van der Waals surface area contributed by atoms with Crippen LogP contribution in [0, 0.1) is 5.82 Å². The van der Waals surface area contributed by atoms with Crippen molar-refractivity contribution in [2.45, 2.75) is 6.42 Å². The van der Waals surface area contributed by atoms with E-state index in [9.17, 15) is 9.18 Å². The number of hydrogen-bond acceptors (Lipinski definition) is 5. The van der Waals surface area contributed by atoms with Gasteiger partial charge >= 0.3 is 0 Å². The zero-order valence-corrected chi connectivity index (χ0v) is 11.2. The predicted octanol–water partition coefficient (Wildman–Crippen LogP) is 0.0231. The van der Waals surface area contributed by atoms with Crippen LogP contribution in [0.1, 0.15) is 6.42 Å². The van der Waals surface area contributed by atoms with Crippen molar-refractivity contribution in [3.8, 4) is 0 Å². The molecular weight excluding hydrogens is 265 g/mol. The number of amides is 1. The highest BCUT2D eigenvalue weighted by Gasteiger charge is 2.10. The maximum absolute atomic E-state index is 13.4.